The molecule has 0 bridgehead atoms. The molecule has 128 valence electrons. The van der Waals surface area contributed by atoms with Crippen LogP contribution in [-0.4, -0.2) is 45.9 Å². The molecule has 2 aromatic rings. The first-order valence-electron chi connectivity index (χ1n) is 8.16. The van der Waals surface area contributed by atoms with Crippen molar-refractivity contribution in [3.63, 3.8) is 0 Å². The Hall–Kier alpha value is -1.89. The Morgan fingerprint density at radius 1 is 1.33 bits per heavy atom. The molecule has 1 aromatic heterocycles. The van der Waals surface area contributed by atoms with Gasteiger partial charge < -0.3 is 19.7 Å². The zero-order valence-electron chi connectivity index (χ0n) is 13.8. The minimum Gasteiger partial charge on any atom is -0.497 e. The number of nitrogens with one attached hydrogen (secondary N) is 2. The molecule has 1 aromatic carbocycles. The molecule has 1 aliphatic rings. The first-order valence-corrected chi connectivity index (χ1v) is 9.04. The zero-order chi connectivity index (χ0) is 16.8. The minimum absolute atomic E-state index is 0.0666. The lowest BCUT2D eigenvalue weighted by Gasteiger charge is -2.31. The molecule has 24 heavy (non-hydrogen) atoms. The fraction of sp³-hybridized carbons (Fsp3) is 0.389. The van der Waals surface area contributed by atoms with Crippen LogP contribution in [-0.2, 0) is 4.74 Å². The Balaban J connectivity index is 1.67. The molecule has 1 atom stereocenters. The highest BCUT2D eigenvalue weighted by atomic mass is 32.1. The van der Waals surface area contributed by atoms with E-state index in [1.165, 1.54) is 9.78 Å². The van der Waals surface area contributed by atoms with Crippen LogP contribution in [0.3, 0.4) is 0 Å². The van der Waals surface area contributed by atoms with Crippen molar-refractivity contribution < 1.29 is 19.2 Å². The van der Waals surface area contributed by atoms with Crippen molar-refractivity contribution in [1.29, 1.82) is 0 Å². The van der Waals surface area contributed by atoms with E-state index in [0.29, 0.717) is 17.9 Å². The molecule has 0 radical (unpaired) electrons. The first-order chi connectivity index (χ1) is 11.8. The summed E-state index contributed by atoms with van der Waals surface area (Å²) in [6, 6.07) is 11.7. The highest BCUT2D eigenvalue weighted by Crippen LogP contribution is 2.17. The van der Waals surface area contributed by atoms with Crippen molar-refractivity contribution in [2.45, 2.75) is 6.04 Å². The summed E-state index contributed by atoms with van der Waals surface area (Å²) in [6.45, 7) is 4.11. The Bertz CT molecular complexity index is 654. The lowest BCUT2D eigenvalue weighted by Crippen LogP contribution is -3.15. The number of amides is 1. The van der Waals surface area contributed by atoms with Crippen LogP contribution >= 0.6 is 11.3 Å². The molecule has 5 nitrogen and oxygen atoms in total. The fourth-order valence-corrected chi connectivity index (χ4v) is 3.86. The molecule has 3 rings (SSSR count). The molecule has 2 heterocycles. The van der Waals surface area contributed by atoms with E-state index in [1.807, 2.05) is 12.1 Å². The van der Waals surface area contributed by atoms with Gasteiger partial charge in [0, 0.05) is 5.56 Å². The van der Waals surface area contributed by atoms with Crippen LogP contribution in [0, 0.1) is 0 Å². The summed E-state index contributed by atoms with van der Waals surface area (Å²) in [6.07, 6.45) is 0. The second-order valence-electron chi connectivity index (χ2n) is 5.78. The second-order valence-corrected chi connectivity index (χ2v) is 6.76. The fourth-order valence-electron chi connectivity index (χ4n) is 2.98. The number of hydrogen-bond donors (Lipinski definition) is 2. The van der Waals surface area contributed by atoms with E-state index in [0.717, 1.165) is 26.3 Å². The molecular weight excluding hydrogens is 324 g/mol. The van der Waals surface area contributed by atoms with E-state index >= 15 is 0 Å². The van der Waals surface area contributed by atoms with Crippen molar-refractivity contribution in [3.8, 4) is 5.75 Å². The summed E-state index contributed by atoms with van der Waals surface area (Å²) in [4.78, 5) is 15.2. The lowest BCUT2D eigenvalue weighted by atomic mass is 10.1. The second kappa shape index (κ2) is 8.28. The molecule has 1 saturated heterocycles. The Kier molecular flexibility index (Phi) is 5.85. The summed E-state index contributed by atoms with van der Waals surface area (Å²) in [5.41, 5.74) is 0.622. The first kappa shape index (κ1) is 17.0. The van der Waals surface area contributed by atoms with Crippen LogP contribution in [0.1, 0.15) is 21.3 Å². The number of quaternary nitrogens is 1. The third-order valence-electron chi connectivity index (χ3n) is 4.31. The smallest absolute Gasteiger partial charge is 0.251 e. The van der Waals surface area contributed by atoms with Gasteiger partial charge in [-0.1, -0.05) is 12.1 Å². The topological polar surface area (TPSA) is 52.0 Å². The molecule has 1 fully saturated rings. The average Bonchev–Trinajstić information content (AvgIpc) is 3.17. The zero-order valence-corrected chi connectivity index (χ0v) is 14.6. The number of hydrogen-bond acceptors (Lipinski definition) is 4. The van der Waals surface area contributed by atoms with Crippen molar-refractivity contribution in [1.82, 2.24) is 5.32 Å². The summed E-state index contributed by atoms with van der Waals surface area (Å²) in [7, 11) is 1.60. The molecule has 1 aliphatic heterocycles. The van der Waals surface area contributed by atoms with Gasteiger partial charge in [-0.2, -0.15) is 0 Å². The molecule has 0 aliphatic carbocycles. The van der Waals surface area contributed by atoms with Gasteiger partial charge in [0.05, 0.1) is 31.7 Å². The van der Waals surface area contributed by atoms with Gasteiger partial charge in [0.25, 0.3) is 5.91 Å². The number of ether oxygens (including phenoxy) is 2. The number of benzene rings is 1. The molecule has 6 heteroatoms. The molecule has 2 N–H and O–H groups in total. The highest BCUT2D eigenvalue weighted by molar-refractivity contribution is 7.10. The minimum atomic E-state index is -0.0666. The normalized spacial score (nSPS) is 16.5. The van der Waals surface area contributed by atoms with Crippen molar-refractivity contribution in [3.05, 3.63) is 52.2 Å². The third kappa shape index (κ3) is 4.14. The lowest BCUT2D eigenvalue weighted by molar-refractivity contribution is -0.937. The summed E-state index contributed by atoms with van der Waals surface area (Å²) in [5.74, 6) is 0.624. The van der Waals surface area contributed by atoms with Crippen molar-refractivity contribution in [2.24, 2.45) is 0 Å². The monoisotopic (exact) mass is 347 g/mol. The quantitative estimate of drug-likeness (QED) is 0.824. The standard InChI is InChI=1S/C18H22N2O3S/c1-22-15-5-2-4-14(12-15)18(21)19-13-16(17-6-3-11-24-17)20-7-9-23-10-8-20/h2-6,11-12,16H,7-10,13H2,1H3,(H,19,21)/p+1/t16-/m1/s1. The summed E-state index contributed by atoms with van der Waals surface area (Å²) < 4.78 is 10.7. The maximum atomic E-state index is 12.5. The number of carbonyl (C=O) groups excluding carboxylic acids is 1. The van der Waals surface area contributed by atoms with E-state index in [2.05, 4.69) is 22.8 Å². The van der Waals surface area contributed by atoms with Crippen LogP contribution in [0.5, 0.6) is 5.75 Å². The Labute approximate surface area is 146 Å². The predicted molar refractivity (Wildman–Crippen MR) is 93.9 cm³/mol. The van der Waals surface area contributed by atoms with Gasteiger partial charge in [-0.05, 0) is 29.6 Å². The largest absolute Gasteiger partial charge is 0.497 e. The number of methoxy groups -OCH3 is 1. The Morgan fingerprint density at radius 2 is 2.17 bits per heavy atom. The van der Waals surface area contributed by atoms with E-state index in [-0.39, 0.29) is 11.9 Å². The van der Waals surface area contributed by atoms with Crippen LogP contribution in [0.15, 0.2) is 41.8 Å². The third-order valence-corrected chi connectivity index (χ3v) is 5.30. The van der Waals surface area contributed by atoms with Gasteiger partial charge >= 0.3 is 0 Å². The van der Waals surface area contributed by atoms with Gasteiger partial charge in [-0.25, -0.2) is 0 Å². The molecule has 0 unspecified atom stereocenters. The van der Waals surface area contributed by atoms with E-state index in [4.69, 9.17) is 9.47 Å². The van der Waals surface area contributed by atoms with Gasteiger partial charge in [-0.15, -0.1) is 11.3 Å². The summed E-state index contributed by atoms with van der Waals surface area (Å²) >= 11 is 1.75. The SMILES string of the molecule is COc1cccc(C(=O)NC[C@H](c2cccs2)[NH+]2CCOCC2)c1. The number of thiophene rings is 1. The van der Waals surface area contributed by atoms with Gasteiger partial charge in [0.1, 0.15) is 24.9 Å². The van der Waals surface area contributed by atoms with Crippen LogP contribution in [0.25, 0.3) is 0 Å². The molecular formula is C18H23N2O3S+. The molecule has 0 spiro atoms. The maximum Gasteiger partial charge on any atom is 0.251 e. The van der Waals surface area contributed by atoms with Gasteiger partial charge in [-0.3, -0.25) is 4.79 Å². The number of morpholine rings is 1. The van der Waals surface area contributed by atoms with Crippen molar-refractivity contribution in [2.75, 3.05) is 40.0 Å². The van der Waals surface area contributed by atoms with Crippen LogP contribution in [0.2, 0.25) is 0 Å². The van der Waals surface area contributed by atoms with Crippen molar-refractivity contribution >= 4 is 17.2 Å². The molecule has 0 saturated carbocycles. The van der Waals surface area contributed by atoms with Crippen LogP contribution < -0.4 is 15.0 Å². The predicted octanol–water partition coefficient (Wildman–Crippen LogP) is 1.14. The van der Waals surface area contributed by atoms with E-state index in [9.17, 15) is 4.79 Å². The average molecular weight is 347 g/mol. The number of carbonyl (C=O) groups is 1. The number of rotatable bonds is 6. The van der Waals surface area contributed by atoms with Crippen LogP contribution in [0.4, 0.5) is 0 Å². The van der Waals surface area contributed by atoms with Gasteiger partial charge in [0.2, 0.25) is 0 Å². The Morgan fingerprint density at radius 3 is 2.88 bits per heavy atom. The van der Waals surface area contributed by atoms with E-state index in [1.54, 1.807) is 30.6 Å². The highest BCUT2D eigenvalue weighted by Gasteiger charge is 2.27. The molecule has 1 amide bonds. The maximum absolute atomic E-state index is 12.5. The van der Waals surface area contributed by atoms with Gasteiger partial charge in [0.15, 0.2) is 0 Å². The van der Waals surface area contributed by atoms with E-state index < -0.39 is 0 Å². The summed E-state index contributed by atoms with van der Waals surface area (Å²) in [5, 5.41) is 5.18.